The number of hydrogen-bond acceptors (Lipinski definition) is 6. The summed E-state index contributed by atoms with van der Waals surface area (Å²) >= 11 is 0. The Bertz CT molecular complexity index is 850. The van der Waals surface area contributed by atoms with Crippen molar-refractivity contribution >= 4 is 27.6 Å². The third-order valence-electron chi connectivity index (χ3n) is 5.52. The van der Waals surface area contributed by atoms with Crippen molar-refractivity contribution in [2.45, 2.75) is 43.1 Å². The number of carbonyl (C=O) groups excluding carboxylic acids is 3. The molecule has 3 aliphatic rings. The predicted molar refractivity (Wildman–Crippen MR) is 86.1 cm³/mol. The summed E-state index contributed by atoms with van der Waals surface area (Å²) in [5.74, 6) is -2.08. The number of fused-ring (bicyclic) bond motifs is 3. The first kappa shape index (κ1) is 16.3. The second kappa shape index (κ2) is 5.14. The van der Waals surface area contributed by atoms with E-state index >= 15 is 0 Å². The maximum absolute atomic E-state index is 12.7. The lowest BCUT2D eigenvalue weighted by Gasteiger charge is -2.35. The summed E-state index contributed by atoms with van der Waals surface area (Å²) in [6.45, 7) is 1.65. The molecule has 1 aromatic rings. The van der Waals surface area contributed by atoms with Crippen molar-refractivity contribution in [3.05, 3.63) is 35.4 Å². The first-order chi connectivity index (χ1) is 11.7. The van der Waals surface area contributed by atoms with Crippen molar-refractivity contribution < 1.29 is 27.6 Å². The van der Waals surface area contributed by atoms with Crippen LogP contribution in [0, 0.1) is 5.41 Å². The van der Waals surface area contributed by atoms with E-state index in [1.807, 2.05) is 0 Å². The lowest BCUT2D eigenvalue weighted by Crippen LogP contribution is -2.46. The molecule has 0 aromatic heterocycles. The van der Waals surface area contributed by atoms with Crippen LogP contribution in [0.1, 0.15) is 53.3 Å². The Morgan fingerprint density at radius 1 is 1.08 bits per heavy atom. The normalized spacial score (nSPS) is 32.6. The van der Waals surface area contributed by atoms with Gasteiger partial charge in [0.1, 0.15) is 0 Å². The SMILES string of the molecule is CC1(C(=O)ON2C(=O)c3ccccc3C2=O)CC2CCC(C1)S2(=O)=O. The van der Waals surface area contributed by atoms with Gasteiger partial charge in [-0.2, -0.15) is 0 Å². The first-order valence-electron chi connectivity index (χ1n) is 8.17. The zero-order chi connectivity index (χ0) is 18.0. The number of sulfone groups is 1. The first-order valence-corrected chi connectivity index (χ1v) is 9.78. The topological polar surface area (TPSA) is 97.8 Å². The molecule has 2 fully saturated rings. The summed E-state index contributed by atoms with van der Waals surface area (Å²) in [5.41, 5.74) is -0.638. The number of hydroxylamine groups is 2. The summed E-state index contributed by atoms with van der Waals surface area (Å²) in [6, 6.07) is 6.25. The summed E-state index contributed by atoms with van der Waals surface area (Å²) in [6.07, 6.45) is 1.41. The molecule has 0 saturated carbocycles. The lowest BCUT2D eigenvalue weighted by atomic mass is 9.82. The van der Waals surface area contributed by atoms with Gasteiger partial charge in [-0.15, -0.1) is 0 Å². The van der Waals surface area contributed by atoms with Crippen molar-refractivity contribution in [2.75, 3.05) is 0 Å². The summed E-state index contributed by atoms with van der Waals surface area (Å²) in [4.78, 5) is 42.5. The lowest BCUT2D eigenvalue weighted by molar-refractivity contribution is -0.181. The van der Waals surface area contributed by atoms with Gasteiger partial charge in [0.2, 0.25) is 0 Å². The molecule has 0 N–H and O–H groups in total. The van der Waals surface area contributed by atoms with Gasteiger partial charge in [-0.05, 0) is 44.7 Å². The largest absolute Gasteiger partial charge is 0.339 e. The van der Waals surface area contributed by atoms with E-state index in [1.54, 1.807) is 19.1 Å². The van der Waals surface area contributed by atoms with Gasteiger partial charge in [0.15, 0.2) is 9.84 Å². The van der Waals surface area contributed by atoms with Gasteiger partial charge >= 0.3 is 5.97 Å². The van der Waals surface area contributed by atoms with E-state index in [0.29, 0.717) is 17.9 Å². The average molecular weight is 363 g/mol. The fourth-order valence-corrected chi connectivity index (χ4v) is 6.78. The molecule has 3 aliphatic heterocycles. The van der Waals surface area contributed by atoms with Gasteiger partial charge < -0.3 is 4.84 Å². The van der Waals surface area contributed by atoms with Crippen molar-refractivity contribution in [2.24, 2.45) is 5.41 Å². The van der Waals surface area contributed by atoms with Crippen LogP contribution in [0.25, 0.3) is 0 Å². The zero-order valence-corrected chi connectivity index (χ0v) is 14.4. The molecule has 3 heterocycles. The Kier molecular flexibility index (Phi) is 3.34. The van der Waals surface area contributed by atoms with E-state index in [1.165, 1.54) is 12.1 Å². The summed E-state index contributed by atoms with van der Waals surface area (Å²) in [5, 5.41) is -0.611. The molecule has 8 heteroatoms. The number of amides is 2. The van der Waals surface area contributed by atoms with Gasteiger partial charge in [0.25, 0.3) is 11.8 Å². The van der Waals surface area contributed by atoms with Crippen LogP contribution >= 0.6 is 0 Å². The minimum Gasteiger partial charge on any atom is -0.329 e. The fraction of sp³-hybridized carbons (Fsp3) is 0.471. The number of carbonyl (C=O) groups is 3. The standard InChI is InChI=1S/C17H17NO6S/c1-17(8-10-6-7-11(9-17)25(10,22)23)16(21)24-18-14(19)12-4-2-3-5-13(12)15(18)20/h2-5,10-11H,6-9H2,1H3. The molecule has 2 amide bonds. The zero-order valence-electron chi connectivity index (χ0n) is 13.6. The minimum atomic E-state index is -3.18. The molecule has 0 radical (unpaired) electrons. The Hall–Kier alpha value is -2.22. The van der Waals surface area contributed by atoms with Crippen LogP contribution < -0.4 is 0 Å². The molecule has 25 heavy (non-hydrogen) atoms. The van der Waals surface area contributed by atoms with Crippen molar-refractivity contribution in [1.29, 1.82) is 0 Å². The van der Waals surface area contributed by atoms with Crippen LogP contribution in [0.3, 0.4) is 0 Å². The number of imide groups is 1. The monoisotopic (exact) mass is 363 g/mol. The average Bonchev–Trinajstić information content (AvgIpc) is 2.88. The third-order valence-corrected chi connectivity index (χ3v) is 8.18. The van der Waals surface area contributed by atoms with Crippen LogP contribution in [0.5, 0.6) is 0 Å². The van der Waals surface area contributed by atoms with Gasteiger partial charge in [-0.3, -0.25) is 9.59 Å². The van der Waals surface area contributed by atoms with E-state index in [-0.39, 0.29) is 24.0 Å². The number of benzene rings is 1. The smallest absolute Gasteiger partial charge is 0.329 e. The van der Waals surface area contributed by atoms with E-state index in [9.17, 15) is 22.8 Å². The van der Waals surface area contributed by atoms with Crippen molar-refractivity contribution in [3.63, 3.8) is 0 Å². The van der Waals surface area contributed by atoms with E-state index in [4.69, 9.17) is 4.84 Å². The van der Waals surface area contributed by atoms with Crippen molar-refractivity contribution in [3.8, 4) is 0 Å². The third kappa shape index (κ3) is 2.23. The molecular weight excluding hydrogens is 346 g/mol. The van der Waals surface area contributed by atoms with Gasteiger partial charge in [0, 0.05) is 0 Å². The molecule has 7 nitrogen and oxygen atoms in total. The highest BCUT2D eigenvalue weighted by Crippen LogP contribution is 2.48. The molecule has 0 spiro atoms. The van der Waals surface area contributed by atoms with Crippen LogP contribution in [0.15, 0.2) is 24.3 Å². The van der Waals surface area contributed by atoms with Crippen molar-refractivity contribution in [1.82, 2.24) is 5.06 Å². The van der Waals surface area contributed by atoms with Crippen LogP contribution in [0.2, 0.25) is 0 Å². The Morgan fingerprint density at radius 3 is 2.04 bits per heavy atom. The maximum Gasteiger partial charge on any atom is 0.339 e. The molecule has 4 rings (SSSR count). The molecule has 132 valence electrons. The van der Waals surface area contributed by atoms with Gasteiger partial charge in [-0.1, -0.05) is 17.2 Å². The Morgan fingerprint density at radius 2 is 1.56 bits per heavy atom. The van der Waals surface area contributed by atoms with Crippen LogP contribution in [-0.4, -0.2) is 41.8 Å². The highest BCUT2D eigenvalue weighted by molar-refractivity contribution is 7.93. The minimum absolute atomic E-state index is 0.161. The van der Waals surface area contributed by atoms with Crippen LogP contribution in [0.4, 0.5) is 0 Å². The van der Waals surface area contributed by atoms with E-state index in [0.717, 1.165) is 0 Å². The molecule has 2 saturated heterocycles. The molecular formula is C17H17NO6S. The molecule has 0 aliphatic carbocycles. The maximum atomic E-state index is 12.7. The molecule has 1 aromatic carbocycles. The fourth-order valence-electron chi connectivity index (χ4n) is 4.11. The quantitative estimate of drug-likeness (QED) is 0.739. The predicted octanol–water partition coefficient (Wildman–Crippen LogP) is 1.49. The molecule has 2 atom stereocenters. The van der Waals surface area contributed by atoms with E-state index in [2.05, 4.69) is 0 Å². The summed E-state index contributed by atoms with van der Waals surface area (Å²) in [7, 11) is -3.18. The summed E-state index contributed by atoms with van der Waals surface area (Å²) < 4.78 is 24.4. The second-order valence-electron chi connectivity index (χ2n) is 7.21. The van der Waals surface area contributed by atoms with Gasteiger partial charge in [-0.25, -0.2) is 13.2 Å². The Balaban J connectivity index is 1.56. The number of rotatable bonds is 2. The number of nitrogens with zero attached hydrogens (tertiary/aromatic N) is 1. The second-order valence-corrected chi connectivity index (χ2v) is 9.72. The molecule has 2 unspecified atom stereocenters. The van der Waals surface area contributed by atoms with Gasteiger partial charge in [0.05, 0.1) is 27.0 Å². The number of hydrogen-bond donors (Lipinski definition) is 0. The molecule has 2 bridgehead atoms. The van der Waals surface area contributed by atoms with E-state index < -0.39 is 43.5 Å². The highest BCUT2D eigenvalue weighted by Gasteiger charge is 2.55. The Labute approximate surface area is 144 Å². The highest BCUT2D eigenvalue weighted by atomic mass is 32.2. The van der Waals surface area contributed by atoms with Crippen LogP contribution in [-0.2, 0) is 19.5 Å².